The van der Waals surface area contributed by atoms with Gasteiger partial charge in [0.15, 0.2) is 0 Å². The molecule has 1 aliphatic carbocycles. The molecule has 0 aromatic rings. The van der Waals surface area contributed by atoms with E-state index < -0.39 is 0 Å². The Morgan fingerprint density at radius 3 is 2.29 bits per heavy atom. The van der Waals surface area contributed by atoms with Crippen LogP contribution in [0, 0.1) is 0 Å². The van der Waals surface area contributed by atoms with Gasteiger partial charge in [0.2, 0.25) is 5.91 Å². The highest BCUT2D eigenvalue weighted by molar-refractivity contribution is 5.80. The number of amides is 1. The van der Waals surface area contributed by atoms with E-state index in [1.165, 1.54) is 58.0 Å². The van der Waals surface area contributed by atoms with Gasteiger partial charge in [-0.25, -0.2) is 0 Å². The molecule has 3 fully saturated rings. The van der Waals surface area contributed by atoms with Crippen molar-refractivity contribution < 1.29 is 4.79 Å². The maximum Gasteiger partial charge on any atom is 0.235 e. The summed E-state index contributed by atoms with van der Waals surface area (Å²) in [6.07, 6.45) is 9.03. The minimum atomic E-state index is -0.194. The summed E-state index contributed by atoms with van der Waals surface area (Å²) in [5, 5.41) is 3.39. The summed E-state index contributed by atoms with van der Waals surface area (Å²) < 4.78 is 0. The lowest BCUT2D eigenvalue weighted by Crippen LogP contribution is -2.53. The molecule has 2 saturated heterocycles. The van der Waals surface area contributed by atoms with Gasteiger partial charge < -0.3 is 20.9 Å². The highest BCUT2D eigenvalue weighted by atomic mass is 16.1. The van der Waals surface area contributed by atoms with Gasteiger partial charge in [-0.15, -0.1) is 0 Å². The van der Waals surface area contributed by atoms with Crippen molar-refractivity contribution in [3.8, 4) is 0 Å². The van der Waals surface area contributed by atoms with Crippen molar-refractivity contribution in [3.63, 3.8) is 0 Å². The van der Waals surface area contributed by atoms with Crippen LogP contribution >= 0.6 is 0 Å². The second-order valence-corrected chi connectivity index (χ2v) is 7.02. The van der Waals surface area contributed by atoms with Gasteiger partial charge in [-0.05, 0) is 64.7 Å². The van der Waals surface area contributed by atoms with E-state index >= 15 is 0 Å². The third kappa shape index (κ3) is 4.41. The van der Waals surface area contributed by atoms with Gasteiger partial charge in [-0.2, -0.15) is 0 Å². The molecule has 0 bridgehead atoms. The number of nitrogens with zero attached hydrogens (tertiary/aromatic N) is 2. The zero-order valence-electron chi connectivity index (χ0n) is 13.1. The summed E-state index contributed by atoms with van der Waals surface area (Å²) in [6, 6.07) is 1.14. The van der Waals surface area contributed by atoms with Crippen LogP contribution in [0.5, 0.6) is 0 Å². The van der Waals surface area contributed by atoms with Crippen molar-refractivity contribution in [2.24, 2.45) is 5.73 Å². The van der Waals surface area contributed by atoms with Gasteiger partial charge in [0.25, 0.3) is 0 Å². The van der Waals surface area contributed by atoms with Crippen molar-refractivity contribution in [2.75, 3.05) is 32.7 Å². The largest absolute Gasteiger partial charge is 0.368 e. The Morgan fingerprint density at radius 2 is 1.71 bits per heavy atom. The molecule has 0 aromatic carbocycles. The molecule has 1 amide bonds. The van der Waals surface area contributed by atoms with Gasteiger partial charge in [-0.1, -0.05) is 6.42 Å². The van der Waals surface area contributed by atoms with Crippen molar-refractivity contribution >= 4 is 5.91 Å². The molecule has 3 N–H and O–H groups in total. The number of piperidine rings is 2. The van der Waals surface area contributed by atoms with E-state index in [4.69, 9.17) is 5.73 Å². The Labute approximate surface area is 128 Å². The van der Waals surface area contributed by atoms with Crippen LogP contribution in [-0.4, -0.2) is 66.6 Å². The maximum atomic E-state index is 11.6. The van der Waals surface area contributed by atoms with Gasteiger partial charge in [-0.3, -0.25) is 4.79 Å². The van der Waals surface area contributed by atoms with Crippen LogP contribution in [0.3, 0.4) is 0 Å². The number of hydrogen-bond acceptors (Lipinski definition) is 4. The lowest BCUT2D eigenvalue weighted by Gasteiger charge is -2.40. The van der Waals surface area contributed by atoms with Crippen molar-refractivity contribution in [1.82, 2.24) is 15.1 Å². The molecule has 1 unspecified atom stereocenters. The summed E-state index contributed by atoms with van der Waals surface area (Å²) in [4.78, 5) is 16.7. The molecular weight excluding hydrogens is 264 g/mol. The van der Waals surface area contributed by atoms with Crippen LogP contribution in [0.1, 0.15) is 44.9 Å². The summed E-state index contributed by atoms with van der Waals surface area (Å²) in [5.74, 6) is -0.194. The Kier molecular flexibility index (Phi) is 5.14. The highest BCUT2D eigenvalue weighted by Gasteiger charge is 2.31. The smallest absolute Gasteiger partial charge is 0.235 e. The van der Waals surface area contributed by atoms with E-state index in [1.54, 1.807) is 0 Å². The summed E-state index contributed by atoms with van der Waals surface area (Å²) in [5.41, 5.74) is 5.54. The Morgan fingerprint density at radius 1 is 1.05 bits per heavy atom. The average molecular weight is 294 g/mol. The Bertz CT molecular complexity index is 344. The van der Waals surface area contributed by atoms with Gasteiger partial charge in [0.05, 0.1) is 6.04 Å². The zero-order valence-corrected chi connectivity index (χ0v) is 13.1. The van der Waals surface area contributed by atoms with Gasteiger partial charge >= 0.3 is 0 Å². The summed E-state index contributed by atoms with van der Waals surface area (Å²) >= 11 is 0. The molecule has 0 spiro atoms. The van der Waals surface area contributed by atoms with Crippen molar-refractivity contribution in [2.45, 2.75) is 63.1 Å². The number of carbonyl (C=O) groups is 1. The van der Waals surface area contributed by atoms with Crippen LogP contribution in [0.4, 0.5) is 0 Å². The number of nitrogens with two attached hydrogens (primary N) is 1. The number of likely N-dealkylation sites (tertiary alicyclic amines) is 2. The van der Waals surface area contributed by atoms with Crippen molar-refractivity contribution in [3.05, 3.63) is 0 Å². The van der Waals surface area contributed by atoms with Crippen molar-refractivity contribution in [1.29, 1.82) is 0 Å². The predicted octanol–water partition coefficient (Wildman–Crippen LogP) is 0.543. The fraction of sp³-hybridized carbons (Fsp3) is 0.938. The number of hydrogen-bond donors (Lipinski definition) is 2. The monoisotopic (exact) mass is 294 g/mol. The van der Waals surface area contributed by atoms with E-state index in [-0.39, 0.29) is 11.9 Å². The Balaban J connectivity index is 1.42. The quantitative estimate of drug-likeness (QED) is 0.751. The molecular formula is C16H30N4O. The minimum Gasteiger partial charge on any atom is -0.368 e. The van der Waals surface area contributed by atoms with Gasteiger partial charge in [0, 0.05) is 18.6 Å². The minimum absolute atomic E-state index is 0.163. The fourth-order valence-electron chi connectivity index (χ4n) is 3.77. The first-order valence-electron chi connectivity index (χ1n) is 8.74. The SMILES string of the molecule is NC(=O)C(CN1CCC(N2CCCCC2)CC1)NC1CC1. The molecule has 120 valence electrons. The second kappa shape index (κ2) is 7.07. The normalized spacial score (nSPS) is 27.6. The van der Waals surface area contributed by atoms with Crippen LogP contribution in [-0.2, 0) is 4.79 Å². The van der Waals surface area contributed by atoms with Crippen LogP contribution in [0.15, 0.2) is 0 Å². The second-order valence-electron chi connectivity index (χ2n) is 7.02. The number of rotatable bonds is 6. The molecule has 1 atom stereocenters. The molecule has 2 aliphatic heterocycles. The third-order valence-corrected chi connectivity index (χ3v) is 5.26. The maximum absolute atomic E-state index is 11.6. The van der Waals surface area contributed by atoms with E-state index in [0.717, 1.165) is 25.7 Å². The van der Waals surface area contributed by atoms with E-state index in [0.29, 0.717) is 6.04 Å². The van der Waals surface area contributed by atoms with E-state index in [1.807, 2.05) is 0 Å². The first kappa shape index (κ1) is 15.3. The standard InChI is InChI=1S/C16H30N4O/c17-16(21)15(18-13-4-5-13)12-19-10-6-14(7-11-19)20-8-2-1-3-9-20/h13-15,18H,1-12H2,(H2,17,21). The first-order valence-corrected chi connectivity index (χ1v) is 8.74. The molecule has 0 radical (unpaired) electrons. The lowest BCUT2D eigenvalue weighted by molar-refractivity contribution is -0.120. The average Bonchev–Trinajstić information content (AvgIpc) is 3.32. The molecule has 5 nitrogen and oxygen atoms in total. The summed E-state index contributed by atoms with van der Waals surface area (Å²) in [6.45, 7) is 5.59. The lowest BCUT2D eigenvalue weighted by atomic mass is 9.99. The number of carbonyl (C=O) groups excluding carboxylic acids is 1. The van der Waals surface area contributed by atoms with Gasteiger partial charge in [0.1, 0.15) is 0 Å². The Hall–Kier alpha value is -0.650. The van der Waals surface area contributed by atoms with Crippen LogP contribution < -0.4 is 11.1 Å². The zero-order chi connectivity index (χ0) is 14.7. The molecule has 1 saturated carbocycles. The van der Waals surface area contributed by atoms with Crippen LogP contribution in [0.2, 0.25) is 0 Å². The molecule has 3 aliphatic rings. The molecule has 0 aromatic heterocycles. The predicted molar refractivity (Wildman–Crippen MR) is 84.0 cm³/mol. The number of nitrogens with one attached hydrogen (secondary N) is 1. The first-order chi connectivity index (χ1) is 10.2. The van der Waals surface area contributed by atoms with E-state index in [9.17, 15) is 4.79 Å². The fourth-order valence-corrected chi connectivity index (χ4v) is 3.77. The highest BCUT2D eigenvalue weighted by Crippen LogP contribution is 2.22. The topological polar surface area (TPSA) is 61.6 Å². The molecule has 2 heterocycles. The summed E-state index contributed by atoms with van der Waals surface area (Å²) in [7, 11) is 0. The molecule has 3 rings (SSSR count). The molecule has 21 heavy (non-hydrogen) atoms. The van der Waals surface area contributed by atoms with E-state index in [2.05, 4.69) is 15.1 Å². The molecule has 5 heteroatoms. The van der Waals surface area contributed by atoms with Crippen LogP contribution in [0.25, 0.3) is 0 Å². The third-order valence-electron chi connectivity index (χ3n) is 5.26. The number of primary amides is 1.